The smallest absolute Gasteiger partial charge is 0.223 e. The molecule has 0 unspecified atom stereocenters. The van der Waals surface area contributed by atoms with E-state index in [4.69, 9.17) is 0 Å². The maximum atomic E-state index is 12.2. The minimum absolute atomic E-state index is 0. The molecular weight excluding hydrogens is 296 g/mol. The number of hydrogen-bond donors (Lipinski definition) is 2. The van der Waals surface area contributed by atoms with E-state index in [-0.39, 0.29) is 29.6 Å². The zero-order valence-electron chi connectivity index (χ0n) is 13.9. The van der Waals surface area contributed by atoms with Gasteiger partial charge in [0.05, 0.1) is 0 Å². The molecule has 1 heterocycles. The summed E-state index contributed by atoms with van der Waals surface area (Å²) < 4.78 is 0. The van der Waals surface area contributed by atoms with Gasteiger partial charge in [0.15, 0.2) is 0 Å². The number of aryl methyl sites for hydroxylation is 1. The zero-order chi connectivity index (χ0) is 15.3. The lowest BCUT2D eigenvalue weighted by atomic mass is 9.83. The molecule has 0 bridgehead atoms. The maximum Gasteiger partial charge on any atom is 0.223 e. The minimum atomic E-state index is -0.0329. The summed E-state index contributed by atoms with van der Waals surface area (Å²) in [7, 11) is 0. The molecule has 22 heavy (non-hydrogen) atoms. The van der Waals surface area contributed by atoms with Gasteiger partial charge < -0.3 is 10.6 Å². The average Bonchev–Trinajstić information content (AvgIpc) is 2.53. The standard InChI is InChI=1S/C18H28N2O.ClH/c1-4-14-5-7-16(8-6-14)18(2,3)13-20-17(21)15-9-11-19-12-10-15;/h5-8,15,19H,4,9-13H2,1-3H3,(H,20,21);1H. The molecule has 4 heteroatoms. The van der Waals surface area contributed by atoms with Crippen LogP contribution < -0.4 is 10.6 Å². The molecule has 2 N–H and O–H groups in total. The second kappa shape index (κ2) is 8.54. The molecule has 1 saturated heterocycles. The van der Waals surface area contributed by atoms with Gasteiger partial charge in [0.1, 0.15) is 0 Å². The highest BCUT2D eigenvalue weighted by Gasteiger charge is 2.25. The van der Waals surface area contributed by atoms with Gasteiger partial charge in [0.2, 0.25) is 5.91 Å². The number of nitrogens with one attached hydrogen (secondary N) is 2. The van der Waals surface area contributed by atoms with Crippen molar-refractivity contribution in [2.24, 2.45) is 5.92 Å². The van der Waals surface area contributed by atoms with Gasteiger partial charge in [-0.2, -0.15) is 0 Å². The Morgan fingerprint density at radius 3 is 2.36 bits per heavy atom. The van der Waals surface area contributed by atoms with Crippen LogP contribution >= 0.6 is 12.4 Å². The van der Waals surface area contributed by atoms with Gasteiger partial charge in [0, 0.05) is 17.9 Å². The van der Waals surface area contributed by atoms with E-state index in [0.717, 1.165) is 32.4 Å². The number of rotatable bonds is 5. The number of carbonyl (C=O) groups excluding carboxylic acids is 1. The van der Waals surface area contributed by atoms with Crippen LogP contribution in [0.2, 0.25) is 0 Å². The second-order valence-electron chi connectivity index (χ2n) is 6.68. The molecule has 1 aliphatic rings. The average molecular weight is 325 g/mol. The van der Waals surface area contributed by atoms with Gasteiger partial charge in [0.25, 0.3) is 0 Å². The first-order valence-corrected chi connectivity index (χ1v) is 8.11. The molecule has 0 atom stereocenters. The van der Waals surface area contributed by atoms with Crippen molar-refractivity contribution in [2.45, 2.75) is 45.4 Å². The summed E-state index contributed by atoms with van der Waals surface area (Å²) in [6, 6.07) is 8.75. The van der Waals surface area contributed by atoms with E-state index in [0.29, 0.717) is 6.54 Å². The highest BCUT2D eigenvalue weighted by Crippen LogP contribution is 2.23. The number of amides is 1. The highest BCUT2D eigenvalue weighted by molar-refractivity contribution is 5.85. The number of piperidine rings is 1. The van der Waals surface area contributed by atoms with Crippen molar-refractivity contribution in [1.82, 2.24) is 10.6 Å². The van der Waals surface area contributed by atoms with Crippen LogP contribution in [0.3, 0.4) is 0 Å². The molecule has 124 valence electrons. The summed E-state index contributed by atoms with van der Waals surface area (Å²) >= 11 is 0. The van der Waals surface area contributed by atoms with E-state index in [1.165, 1.54) is 11.1 Å². The minimum Gasteiger partial charge on any atom is -0.355 e. The van der Waals surface area contributed by atoms with Crippen molar-refractivity contribution in [3.8, 4) is 0 Å². The fraction of sp³-hybridized carbons (Fsp3) is 0.611. The summed E-state index contributed by atoms with van der Waals surface area (Å²) in [5, 5.41) is 6.45. The molecule has 0 radical (unpaired) electrons. The second-order valence-corrected chi connectivity index (χ2v) is 6.68. The van der Waals surface area contributed by atoms with Crippen LogP contribution in [0.1, 0.15) is 44.7 Å². The van der Waals surface area contributed by atoms with Crippen molar-refractivity contribution < 1.29 is 4.79 Å². The number of halogens is 1. The topological polar surface area (TPSA) is 41.1 Å². The lowest BCUT2D eigenvalue weighted by Gasteiger charge is -2.28. The van der Waals surface area contributed by atoms with Crippen LogP contribution in [0.15, 0.2) is 24.3 Å². The van der Waals surface area contributed by atoms with Gasteiger partial charge in [-0.1, -0.05) is 45.0 Å². The first-order chi connectivity index (χ1) is 10.0. The predicted molar refractivity (Wildman–Crippen MR) is 94.7 cm³/mol. The maximum absolute atomic E-state index is 12.2. The van der Waals surface area contributed by atoms with Crippen molar-refractivity contribution in [2.75, 3.05) is 19.6 Å². The van der Waals surface area contributed by atoms with E-state index < -0.39 is 0 Å². The zero-order valence-corrected chi connectivity index (χ0v) is 14.8. The quantitative estimate of drug-likeness (QED) is 0.874. The van der Waals surface area contributed by atoms with Crippen molar-refractivity contribution in [3.05, 3.63) is 35.4 Å². The third kappa shape index (κ3) is 4.99. The van der Waals surface area contributed by atoms with Crippen LogP contribution in [-0.2, 0) is 16.6 Å². The molecule has 0 aliphatic carbocycles. The van der Waals surface area contributed by atoms with E-state index in [1.807, 2.05) is 0 Å². The summed E-state index contributed by atoms with van der Waals surface area (Å²) in [5.74, 6) is 0.402. The lowest BCUT2D eigenvalue weighted by molar-refractivity contribution is -0.125. The Hall–Kier alpha value is -1.06. The van der Waals surface area contributed by atoms with Crippen molar-refractivity contribution >= 4 is 18.3 Å². The number of hydrogen-bond acceptors (Lipinski definition) is 2. The van der Waals surface area contributed by atoms with Gasteiger partial charge in [-0.15, -0.1) is 12.4 Å². The third-order valence-electron chi connectivity index (χ3n) is 4.56. The summed E-state index contributed by atoms with van der Waals surface area (Å²) in [6.07, 6.45) is 2.97. The van der Waals surface area contributed by atoms with E-state index in [1.54, 1.807) is 0 Å². The molecule has 2 rings (SSSR count). The molecular formula is C18H29ClN2O. The Kier molecular flexibility index (Phi) is 7.37. The molecule has 1 amide bonds. The Morgan fingerprint density at radius 1 is 1.23 bits per heavy atom. The molecule has 0 saturated carbocycles. The van der Waals surface area contributed by atoms with Crippen LogP contribution in [0, 0.1) is 5.92 Å². The molecule has 1 aromatic rings. The molecule has 1 fully saturated rings. The normalized spacial score (nSPS) is 16.0. The van der Waals surface area contributed by atoms with Crippen LogP contribution in [0.5, 0.6) is 0 Å². The first-order valence-electron chi connectivity index (χ1n) is 8.11. The van der Waals surface area contributed by atoms with Gasteiger partial charge in [-0.25, -0.2) is 0 Å². The summed E-state index contributed by atoms with van der Waals surface area (Å²) in [6.45, 7) is 9.16. The molecule has 0 aromatic heterocycles. The molecule has 3 nitrogen and oxygen atoms in total. The fourth-order valence-corrected chi connectivity index (χ4v) is 2.83. The Morgan fingerprint density at radius 2 is 1.82 bits per heavy atom. The van der Waals surface area contributed by atoms with Gasteiger partial charge in [-0.3, -0.25) is 4.79 Å². The fourth-order valence-electron chi connectivity index (χ4n) is 2.83. The molecule has 1 aliphatic heterocycles. The Balaban J connectivity index is 0.00000242. The first kappa shape index (κ1) is 19.0. The molecule has 1 aromatic carbocycles. The summed E-state index contributed by atoms with van der Waals surface area (Å²) in [5.41, 5.74) is 2.60. The van der Waals surface area contributed by atoms with Crippen molar-refractivity contribution in [3.63, 3.8) is 0 Å². The third-order valence-corrected chi connectivity index (χ3v) is 4.56. The summed E-state index contributed by atoms with van der Waals surface area (Å²) in [4.78, 5) is 12.2. The number of benzene rings is 1. The number of carbonyl (C=O) groups is 1. The van der Waals surface area contributed by atoms with E-state index in [2.05, 4.69) is 55.7 Å². The van der Waals surface area contributed by atoms with Gasteiger partial charge in [-0.05, 0) is 43.5 Å². The largest absolute Gasteiger partial charge is 0.355 e. The van der Waals surface area contributed by atoms with Crippen molar-refractivity contribution in [1.29, 1.82) is 0 Å². The molecule has 0 spiro atoms. The van der Waals surface area contributed by atoms with E-state index >= 15 is 0 Å². The highest BCUT2D eigenvalue weighted by atomic mass is 35.5. The van der Waals surface area contributed by atoms with Crippen LogP contribution in [-0.4, -0.2) is 25.5 Å². The van der Waals surface area contributed by atoms with E-state index in [9.17, 15) is 4.79 Å². The van der Waals surface area contributed by atoms with Crippen LogP contribution in [0.4, 0.5) is 0 Å². The van der Waals surface area contributed by atoms with Crippen LogP contribution in [0.25, 0.3) is 0 Å². The SMILES string of the molecule is CCc1ccc(C(C)(C)CNC(=O)C2CCNCC2)cc1.Cl. The Labute approximate surface area is 140 Å². The van der Waals surface area contributed by atoms with Gasteiger partial charge >= 0.3 is 0 Å². The monoisotopic (exact) mass is 324 g/mol. The predicted octanol–water partition coefficient (Wildman–Crippen LogP) is 3.06. The lowest BCUT2D eigenvalue weighted by Crippen LogP contribution is -2.42. The Bertz CT molecular complexity index is 464.